The van der Waals surface area contributed by atoms with Gasteiger partial charge in [-0.3, -0.25) is 14.1 Å². The van der Waals surface area contributed by atoms with Crippen molar-refractivity contribution >= 4 is 27.0 Å². The number of hydrogen-bond donors (Lipinski definition) is 0. The first-order valence-corrected chi connectivity index (χ1v) is 11.6. The molecule has 1 aromatic carbocycles. The van der Waals surface area contributed by atoms with Gasteiger partial charge in [0, 0.05) is 18.3 Å². The molecular weight excluding hydrogens is 536 g/mol. The molecule has 0 N–H and O–H groups in total. The molecule has 35 heavy (non-hydrogen) atoms. The van der Waals surface area contributed by atoms with Gasteiger partial charge in [-0.25, -0.2) is 9.18 Å². The first-order valence-electron chi connectivity index (χ1n) is 10.8. The van der Waals surface area contributed by atoms with Crippen molar-refractivity contribution in [2.45, 2.75) is 31.6 Å². The third-order valence-electron chi connectivity index (χ3n) is 6.12. The third kappa shape index (κ3) is 4.49. The monoisotopic (exact) mass is 554 g/mol. The maximum absolute atomic E-state index is 14.4. The van der Waals surface area contributed by atoms with Crippen molar-refractivity contribution in [2.75, 3.05) is 20.1 Å². The Morgan fingerprint density at radius 1 is 1.14 bits per heavy atom. The van der Waals surface area contributed by atoms with Crippen molar-refractivity contribution in [1.29, 1.82) is 0 Å². The summed E-state index contributed by atoms with van der Waals surface area (Å²) < 4.78 is 60.7. The minimum absolute atomic E-state index is 0.0181. The van der Waals surface area contributed by atoms with Gasteiger partial charge in [0.25, 0.3) is 0 Å². The summed E-state index contributed by atoms with van der Waals surface area (Å²) in [5.74, 6) is -2.26. The number of nitrogens with zero attached hydrogens (tertiary/aromatic N) is 6. The molecule has 0 unspecified atom stereocenters. The first-order chi connectivity index (χ1) is 16.6. The van der Waals surface area contributed by atoms with Crippen molar-refractivity contribution in [3.63, 3.8) is 0 Å². The highest BCUT2D eigenvalue weighted by molar-refractivity contribution is 9.10. The molecule has 0 amide bonds. The molecule has 3 aromatic heterocycles. The van der Waals surface area contributed by atoms with E-state index in [1.54, 1.807) is 16.7 Å². The number of piperidine rings is 1. The predicted octanol–water partition coefficient (Wildman–Crippen LogP) is 4.48. The van der Waals surface area contributed by atoms with E-state index in [0.29, 0.717) is 16.7 Å². The average molecular weight is 555 g/mol. The lowest BCUT2D eigenvalue weighted by Gasteiger charge is -2.29. The molecule has 0 aliphatic carbocycles. The SMILES string of the molecule is CN1CCC(n2c(=O)n(Cc3ccc(-c4nnc(C(F)(F)F)o4)cn3)c3cc(F)c(Br)cc32)CC1. The van der Waals surface area contributed by atoms with Gasteiger partial charge in [-0.15, -0.1) is 10.2 Å². The molecule has 8 nitrogen and oxygen atoms in total. The van der Waals surface area contributed by atoms with Crippen molar-refractivity contribution in [1.82, 2.24) is 29.2 Å². The predicted molar refractivity (Wildman–Crippen MR) is 121 cm³/mol. The number of rotatable bonds is 4. The Bertz CT molecular complexity index is 1440. The Balaban J connectivity index is 1.49. The van der Waals surface area contributed by atoms with E-state index in [1.165, 1.54) is 22.9 Å². The van der Waals surface area contributed by atoms with Crippen LogP contribution in [0.2, 0.25) is 0 Å². The van der Waals surface area contributed by atoms with Crippen LogP contribution < -0.4 is 5.69 Å². The van der Waals surface area contributed by atoms with Crippen LogP contribution in [0.3, 0.4) is 0 Å². The van der Waals surface area contributed by atoms with Gasteiger partial charge in [-0.1, -0.05) is 0 Å². The lowest BCUT2D eigenvalue weighted by Crippen LogP contribution is -2.36. The van der Waals surface area contributed by atoms with Crippen LogP contribution in [0.1, 0.15) is 30.5 Å². The quantitative estimate of drug-likeness (QED) is 0.346. The molecule has 5 rings (SSSR count). The van der Waals surface area contributed by atoms with E-state index in [2.05, 4.69) is 40.4 Å². The molecule has 0 radical (unpaired) electrons. The summed E-state index contributed by atoms with van der Waals surface area (Å²) in [6.45, 7) is 1.75. The molecule has 0 atom stereocenters. The van der Waals surface area contributed by atoms with Crippen LogP contribution in [0, 0.1) is 5.82 Å². The minimum atomic E-state index is -4.74. The maximum Gasteiger partial charge on any atom is 0.470 e. The molecule has 1 fully saturated rings. The molecule has 4 heterocycles. The van der Waals surface area contributed by atoms with Crippen LogP contribution in [-0.4, -0.2) is 49.4 Å². The Labute approximate surface area is 204 Å². The number of hydrogen-bond acceptors (Lipinski definition) is 6. The largest absolute Gasteiger partial charge is 0.470 e. The number of benzene rings is 1. The summed E-state index contributed by atoms with van der Waals surface area (Å²) in [5, 5.41) is 6.42. The number of halogens is 5. The summed E-state index contributed by atoms with van der Waals surface area (Å²) in [7, 11) is 2.03. The summed E-state index contributed by atoms with van der Waals surface area (Å²) in [6.07, 6.45) is -1.86. The number of likely N-dealkylation sites (tertiary alicyclic amines) is 1. The van der Waals surface area contributed by atoms with Crippen LogP contribution in [-0.2, 0) is 12.7 Å². The molecule has 0 bridgehead atoms. The summed E-state index contributed by atoms with van der Waals surface area (Å²) in [5.41, 5.74) is 1.45. The zero-order valence-corrected chi connectivity index (χ0v) is 20.0. The van der Waals surface area contributed by atoms with E-state index in [-0.39, 0.29) is 34.2 Å². The molecule has 4 aromatic rings. The van der Waals surface area contributed by atoms with Gasteiger partial charge in [0.2, 0.25) is 5.89 Å². The lowest BCUT2D eigenvalue weighted by atomic mass is 10.1. The number of imidazole rings is 1. The Morgan fingerprint density at radius 3 is 2.51 bits per heavy atom. The molecule has 1 aliphatic rings. The summed E-state index contributed by atoms with van der Waals surface area (Å²) >= 11 is 3.22. The number of pyridine rings is 1. The van der Waals surface area contributed by atoms with E-state index >= 15 is 0 Å². The van der Waals surface area contributed by atoms with Crippen LogP contribution in [0.5, 0.6) is 0 Å². The van der Waals surface area contributed by atoms with Crippen LogP contribution >= 0.6 is 15.9 Å². The van der Waals surface area contributed by atoms with E-state index in [9.17, 15) is 22.4 Å². The van der Waals surface area contributed by atoms with E-state index in [0.717, 1.165) is 25.9 Å². The fraction of sp³-hybridized carbons (Fsp3) is 0.364. The molecule has 0 spiro atoms. The average Bonchev–Trinajstić information content (AvgIpc) is 3.41. The van der Waals surface area contributed by atoms with Gasteiger partial charge in [0.1, 0.15) is 5.82 Å². The summed E-state index contributed by atoms with van der Waals surface area (Å²) in [6, 6.07) is 5.94. The first kappa shape index (κ1) is 23.7. The standard InChI is InChI=1S/C22H19BrF4N6O2/c1-31-6-4-14(5-7-31)33-18-8-15(23)16(24)9-17(18)32(21(33)34)11-13-3-2-12(10-28-13)19-29-30-20(35-19)22(25,26)27/h2-3,8-10,14H,4-7,11H2,1H3. The third-order valence-corrected chi connectivity index (χ3v) is 6.73. The van der Waals surface area contributed by atoms with Gasteiger partial charge < -0.3 is 9.32 Å². The fourth-order valence-electron chi connectivity index (χ4n) is 4.29. The van der Waals surface area contributed by atoms with Crippen molar-refractivity contribution in [3.05, 3.63) is 62.8 Å². The number of alkyl halides is 3. The second-order valence-electron chi connectivity index (χ2n) is 8.48. The number of aromatic nitrogens is 5. The zero-order valence-electron chi connectivity index (χ0n) is 18.4. The Morgan fingerprint density at radius 2 is 1.89 bits per heavy atom. The zero-order chi connectivity index (χ0) is 24.9. The lowest BCUT2D eigenvalue weighted by molar-refractivity contribution is -0.156. The van der Waals surface area contributed by atoms with Crippen LogP contribution in [0.25, 0.3) is 22.5 Å². The Hall–Kier alpha value is -3.06. The van der Waals surface area contributed by atoms with Crippen molar-refractivity contribution in [2.24, 2.45) is 0 Å². The smallest absolute Gasteiger partial charge is 0.413 e. The van der Waals surface area contributed by atoms with Crippen LogP contribution in [0.4, 0.5) is 17.6 Å². The molecule has 1 saturated heterocycles. The minimum Gasteiger partial charge on any atom is -0.413 e. The van der Waals surface area contributed by atoms with Gasteiger partial charge in [0.05, 0.1) is 33.3 Å². The fourth-order valence-corrected chi connectivity index (χ4v) is 4.62. The molecule has 184 valence electrons. The summed E-state index contributed by atoms with van der Waals surface area (Å²) in [4.78, 5) is 19.9. The second-order valence-corrected chi connectivity index (χ2v) is 9.33. The maximum atomic E-state index is 14.4. The molecular formula is C22H19BrF4N6O2. The molecule has 13 heteroatoms. The number of fused-ring (bicyclic) bond motifs is 1. The highest BCUT2D eigenvalue weighted by Crippen LogP contribution is 2.31. The van der Waals surface area contributed by atoms with Crippen molar-refractivity contribution < 1.29 is 22.0 Å². The van der Waals surface area contributed by atoms with Crippen molar-refractivity contribution in [3.8, 4) is 11.5 Å². The van der Waals surface area contributed by atoms with Gasteiger partial charge >= 0.3 is 17.8 Å². The Kier molecular flexibility index (Phi) is 5.99. The van der Waals surface area contributed by atoms with E-state index in [4.69, 9.17) is 0 Å². The van der Waals surface area contributed by atoms with Gasteiger partial charge in [-0.2, -0.15) is 13.2 Å². The highest BCUT2D eigenvalue weighted by Gasteiger charge is 2.38. The highest BCUT2D eigenvalue weighted by atomic mass is 79.9. The van der Waals surface area contributed by atoms with E-state index < -0.39 is 17.9 Å². The molecule has 1 aliphatic heterocycles. The normalized spacial score (nSPS) is 15.8. The molecule has 0 saturated carbocycles. The van der Waals surface area contributed by atoms with Crippen LogP contribution in [0.15, 0.2) is 44.1 Å². The second kappa shape index (κ2) is 8.86. The topological polar surface area (TPSA) is 82.0 Å². The van der Waals surface area contributed by atoms with E-state index in [1.807, 2.05) is 7.05 Å². The van der Waals surface area contributed by atoms with Gasteiger partial charge in [0.15, 0.2) is 0 Å². The van der Waals surface area contributed by atoms with Gasteiger partial charge in [-0.05, 0) is 67.1 Å².